The Labute approximate surface area is 174 Å². The Morgan fingerprint density at radius 1 is 1.27 bits per heavy atom. The molecule has 9 heteroatoms. The molecular formula is C21H27FN4O4. The van der Waals surface area contributed by atoms with Crippen LogP contribution < -0.4 is 5.32 Å². The van der Waals surface area contributed by atoms with E-state index in [-0.39, 0.29) is 17.6 Å². The zero-order valence-corrected chi connectivity index (χ0v) is 16.9. The minimum Gasteiger partial charge on any atom is -0.381 e. The first-order valence-corrected chi connectivity index (χ1v) is 10.5. The summed E-state index contributed by atoms with van der Waals surface area (Å²) in [6.45, 7) is 3.94. The van der Waals surface area contributed by atoms with Crippen LogP contribution in [0.25, 0.3) is 0 Å². The molecule has 0 bridgehead atoms. The number of benzene rings is 1. The van der Waals surface area contributed by atoms with Gasteiger partial charge < -0.3 is 24.2 Å². The number of ether oxygens (including phenoxy) is 2. The van der Waals surface area contributed by atoms with Gasteiger partial charge in [0.05, 0.1) is 18.2 Å². The smallest absolute Gasteiger partial charge is 0.321 e. The summed E-state index contributed by atoms with van der Waals surface area (Å²) in [5.41, 5.74) is 0.173. The summed E-state index contributed by atoms with van der Waals surface area (Å²) in [7, 11) is 0. The van der Waals surface area contributed by atoms with Gasteiger partial charge in [-0.05, 0) is 37.3 Å². The molecule has 1 unspecified atom stereocenters. The average molecular weight is 418 g/mol. The molecule has 1 N–H and O–H groups in total. The predicted octanol–water partition coefficient (Wildman–Crippen LogP) is 3.22. The Hall–Kier alpha value is -2.52. The lowest BCUT2D eigenvalue weighted by molar-refractivity contribution is 0.0211. The molecular weight excluding hydrogens is 391 g/mol. The summed E-state index contributed by atoms with van der Waals surface area (Å²) in [5.74, 6) is 1.25. The molecule has 2 amide bonds. The lowest BCUT2D eigenvalue weighted by Gasteiger charge is -2.21. The van der Waals surface area contributed by atoms with E-state index in [9.17, 15) is 9.18 Å². The number of carbonyl (C=O) groups excluding carboxylic acids is 1. The highest BCUT2D eigenvalue weighted by Crippen LogP contribution is 2.27. The number of amides is 2. The number of para-hydroxylation sites is 1. The maximum absolute atomic E-state index is 13.7. The van der Waals surface area contributed by atoms with Crippen molar-refractivity contribution in [2.24, 2.45) is 5.92 Å². The van der Waals surface area contributed by atoms with Gasteiger partial charge in [0.1, 0.15) is 5.82 Å². The van der Waals surface area contributed by atoms with Crippen molar-refractivity contribution in [2.75, 3.05) is 44.8 Å². The molecule has 8 nitrogen and oxygen atoms in total. The quantitative estimate of drug-likeness (QED) is 0.695. The number of nitrogens with one attached hydrogen (secondary N) is 1. The monoisotopic (exact) mass is 418 g/mol. The summed E-state index contributed by atoms with van der Waals surface area (Å²) >= 11 is 0. The summed E-state index contributed by atoms with van der Waals surface area (Å²) < 4.78 is 30.3. The number of anilines is 1. The SMILES string of the molecule is O=C(Nc1ccccc1F)N1CCC(c2nc(CCOCC3CCOCC3)no2)C1. The van der Waals surface area contributed by atoms with E-state index >= 15 is 0 Å². The molecule has 1 atom stereocenters. The molecule has 2 aliphatic rings. The molecule has 2 aromatic rings. The minimum absolute atomic E-state index is 0.0132. The Morgan fingerprint density at radius 3 is 2.93 bits per heavy atom. The Morgan fingerprint density at radius 2 is 2.10 bits per heavy atom. The lowest BCUT2D eigenvalue weighted by Crippen LogP contribution is -2.33. The third-order valence-electron chi connectivity index (χ3n) is 5.59. The molecule has 3 heterocycles. The molecule has 2 saturated heterocycles. The Balaban J connectivity index is 1.21. The fraction of sp³-hybridized carbons (Fsp3) is 0.571. The highest BCUT2D eigenvalue weighted by Gasteiger charge is 2.31. The van der Waals surface area contributed by atoms with Gasteiger partial charge in [-0.2, -0.15) is 4.98 Å². The topological polar surface area (TPSA) is 89.7 Å². The number of rotatable bonds is 7. The van der Waals surface area contributed by atoms with Crippen LogP contribution in [-0.2, 0) is 15.9 Å². The normalized spacial score (nSPS) is 19.9. The number of urea groups is 1. The van der Waals surface area contributed by atoms with Crippen molar-refractivity contribution in [1.29, 1.82) is 0 Å². The molecule has 0 aliphatic carbocycles. The van der Waals surface area contributed by atoms with E-state index < -0.39 is 5.82 Å². The second-order valence-corrected chi connectivity index (χ2v) is 7.77. The molecule has 2 aliphatic heterocycles. The predicted molar refractivity (Wildman–Crippen MR) is 107 cm³/mol. The van der Waals surface area contributed by atoms with Gasteiger partial charge in [0, 0.05) is 39.3 Å². The zero-order chi connectivity index (χ0) is 20.8. The van der Waals surface area contributed by atoms with Gasteiger partial charge in [0.25, 0.3) is 0 Å². The molecule has 0 spiro atoms. The van der Waals surface area contributed by atoms with Crippen molar-refractivity contribution >= 4 is 11.7 Å². The van der Waals surface area contributed by atoms with Gasteiger partial charge in [0.2, 0.25) is 5.89 Å². The van der Waals surface area contributed by atoms with Crippen molar-refractivity contribution in [3.8, 4) is 0 Å². The third kappa shape index (κ3) is 5.34. The number of nitrogens with zero attached hydrogens (tertiary/aromatic N) is 3. The maximum atomic E-state index is 13.7. The van der Waals surface area contributed by atoms with E-state index in [1.165, 1.54) is 12.1 Å². The number of halogens is 1. The van der Waals surface area contributed by atoms with Crippen LogP contribution in [0.5, 0.6) is 0 Å². The molecule has 2 fully saturated rings. The molecule has 4 rings (SSSR count). The minimum atomic E-state index is -0.456. The van der Waals surface area contributed by atoms with Crippen molar-refractivity contribution in [2.45, 2.75) is 31.6 Å². The van der Waals surface area contributed by atoms with Gasteiger partial charge in [-0.3, -0.25) is 0 Å². The van der Waals surface area contributed by atoms with Crippen LogP contribution >= 0.6 is 0 Å². The van der Waals surface area contributed by atoms with Gasteiger partial charge in [-0.15, -0.1) is 0 Å². The number of hydrogen-bond donors (Lipinski definition) is 1. The molecule has 0 saturated carbocycles. The summed E-state index contributed by atoms with van der Waals surface area (Å²) in [6, 6.07) is 5.78. The second kappa shape index (κ2) is 9.99. The van der Waals surface area contributed by atoms with Crippen molar-refractivity contribution in [3.63, 3.8) is 0 Å². The van der Waals surface area contributed by atoms with E-state index in [0.29, 0.717) is 43.8 Å². The highest BCUT2D eigenvalue weighted by molar-refractivity contribution is 5.89. The third-order valence-corrected chi connectivity index (χ3v) is 5.59. The molecule has 1 aromatic carbocycles. The fourth-order valence-corrected chi connectivity index (χ4v) is 3.76. The van der Waals surface area contributed by atoms with Crippen molar-refractivity contribution < 1.29 is 23.2 Å². The van der Waals surface area contributed by atoms with E-state index in [0.717, 1.165) is 39.1 Å². The van der Waals surface area contributed by atoms with Gasteiger partial charge in [0.15, 0.2) is 5.82 Å². The van der Waals surface area contributed by atoms with Crippen LogP contribution in [0.1, 0.15) is 36.9 Å². The fourth-order valence-electron chi connectivity index (χ4n) is 3.76. The highest BCUT2D eigenvalue weighted by atomic mass is 19.1. The average Bonchev–Trinajstić information content (AvgIpc) is 3.43. The summed E-state index contributed by atoms with van der Waals surface area (Å²) in [6.07, 6.45) is 3.42. The van der Waals surface area contributed by atoms with E-state index in [1.807, 2.05) is 0 Å². The van der Waals surface area contributed by atoms with Gasteiger partial charge >= 0.3 is 6.03 Å². The second-order valence-electron chi connectivity index (χ2n) is 7.77. The Bertz CT molecular complexity index is 840. The summed E-state index contributed by atoms with van der Waals surface area (Å²) in [5, 5.41) is 6.65. The lowest BCUT2D eigenvalue weighted by atomic mass is 10.0. The molecule has 1 aromatic heterocycles. The van der Waals surface area contributed by atoms with Crippen molar-refractivity contribution in [1.82, 2.24) is 15.0 Å². The molecule has 0 radical (unpaired) electrons. The van der Waals surface area contributed by atoms with Crippen molar-refractivity contribution in [3.05, 3.63) is 41.8 Å². The number of likely N-dealkylation sites (tertiary alicyclic amines) is 1. The van der Waals surface area contributed by atoms with Crippen LogP contribution in [0, 0.1) is 11.7 Å². The molecule has 162 valence electrons. The first-order chi connectivity index (χ1) is 14.7. The van der Waals surface area contributed by atoms with E-state index in [2.05, 4.69) is 15.5 Å². The van der Waals surface area contributed by atoms with E-state index in [1.54, 1.807) is 17.0 Å². The maximum Gasteiger partial charge on any atom is 0.321 e. The van der Waals surface area contributed by atoms with Gasteiger partial charge in [-0.25, -0.2) is 9.18 Å². The number of carbonyl (C=O) groups is 1. The summed E-state index contributed by atoms with van der Waals surface area (Å²) in [4.78, 5) is 18.5. The van der Waals surface area contributed by atoms with Gasteiger partial charge in [-0.1, -0.05) is 17.3 Å². The zero-order valence-electron chi connectivity index (χ0n) is 16.9. The van der Waals surface area contributed by atoms with Crippen LogP contribution in [0.3, 0.4) is 0 Å². The van der Waals surface area contributed by atoms with Crippen LogP contribution in [0.4, 0.5) is 14.9 Å². The number of hydrogen-bond acceptors (Lipinski definition) is 6. The van der Waals surface area contributed by atoms with Crippen LogP contribution in [0.2, 0.25) is 0 Å². The van der Waals surface area contributed by atoms with Crippen LogP contribution in [0.15, 0.2) is 28.8 Å². The van der Waals surface area contributed by atoms with Crippen LogP contribution in [-0.4, -0.2) is 60.6 Å². The largest absolute Gasteiger partial charge is 0.381 e. The molecule has 30 heavy (non-hydrogen) atoms. The standard InChI is InChI=1S/C21H27FN4O4/c22-17-3-1-2-4-18(17)23-21(27)26-9-5-16(13-26)20-24-19(25-30-20)8-12-29-14-15-6-10-28-11-7-15/h1-4,15-16H,5-14H2,(H,23,27). The van der Waals surface area contributed by atoms with E-state index in [4.69, 9.17) is 14.0 Å². The number of aromatic nitrogens is 2. The first-order valence-electron chi connectivity index (χ1n) is 10.5. The first kappa shape index (κ1) is 20.7. The Kier molecular flexibility index (Phi) is 6.91.